The normalized spacial score (nSPS) is 21.4. The number of para-hydroxylation sites is 1. The zero-order chi connectivity index (χ0) is 21.1. The van der Waals surface area contributed by atoms with Gasteiger partial charge in [0.2, 0.25) is 5.91 Å². The average molecular weight is 406 g/mol. The first-order valence-corrected chi connectivity index (χ1v) is 10.3. The number of carbonyl (C=O) groups excluding carboxylic acids is 3. The average Bonchev–Trinajstić information content (AvgIpc) is 3.07. The fourth-order valence-corrected chi connectivity index (χ4v) is 4.31. The van der Waals surface area contributed by atoms with E-state index in [2.05, 4.69) is 34.6 Å². The second-order valence-electron chi connectivity index (χ2n) is 7.83. The molecule has 2 aliphatic heterocycles. The lowest BCUT2D eigenvalue weighted by Crippen LogP contribution is -2.50. The van der Waals surface area contributed by atoms with Crippen LogP contribution in [0.15, 0.2) is 54.6 Å². The molecule has 2 aromatic carbocycles. The first kappa shape index (κ1) is 19.9. The molecule has 0 aliphatic carbocycles. The molecule has 0 radical (unpaired) electrons. The van der Waals surface area contributed by atoms with Crippen LogP contribution < -0.4 is 15.5 Å². The molecule has 0 spiro atoms. The first-order valence-electron chi connectivity index (χ1n) is 10.3. The van der Waals surface area contributed by atoms with Gasteiger partial charge in [0.05, 0.1) is 0 Å². The highest BCUT2D eigenvalue weighted by atomic mass is 16.2. The standard InChI is InChI=1S/C23H26N4O3/c1-17-7-5-6-10-19(17)26-13-15-27(16-14-26)20(28)11-12-23(18-8-3-2-4-9-18)21(29)24-22(30)25-23/h2-10H,11-16H2,1H3,(H2,24,25,29,30)/t23-/m1/s1. The van der Waals surface area contributed by atoms with E-state index in [1.165, 1.54) is 11.3 Å². The molecular weight excluding hydrogens is 380 g/mol. The molecule has 7 heteroatoms. The summed E-state index contributed by atoms with van der Waals surface area (Å²) in [6, 6.07) is 16.8. The van der Waals surface area contributed by atoms with Gasteiger partial charge < -0.3 is 15.1 Å². The Kier molecular flexibility index (Phi) is 5.44. The Morgan fingerprint density at radius 3 is 2.27 bits per heavy atom. The number of imide groups is 1. The number of amides is 4. The smallest absolute Gasteiger partial charge is 0.322 e. The van der Waals surface area contributed by atoms with E-state index in [-0.39, 0.29) is 18.7 Å². The fraction of sp³-hybridized carbons (Fsp3) is 0.348. The Bertz CT molecular complexity index is 954. The second-order valence-corrected chi connectivity index (χ2v) is 7.83. The van der Waals surface area contributed by atoms with Gasteiger partial charge in [-0.1, -0.05) is 48.5 Å². The highest BCUT2D eigenvalue weighted by Crippen LogP contribution is 2.30. The van der Waals surface area contributed by atoms with Crippen LogP contribution in [0.1, 0.15) is 24.0 Å². The maximum Gasteiger partial charge on any atom is 0.322 e. The van der Waals surface area contributed by atoms with Crippen LogP contribution in [0.3, 0.4) is 0 Å². The van der Waals surface area contributed by atoms with Gasteiger partial charge in [0.1, 0.15) is 5.54 Å². The van der Waals surface area contributed by atoms with E-state index < -0.39 is 17.5 Å². The minimum atomic E-state index is -1.20. The molecule has 2 aromatic rings. The Labute approximate surface area is 176 Å². The second kappa shape index (κ2) is 8.18. The number of hydrogen-bond acceptors (Lipinski definition) is 4. The number of anilines is 1. The summed E-state index contributed by atoms with van der Waals surface area (Å²) in [5.41, 5.74) is 1.92. The number of carbonyl (C=O) groups is 3. The molecule has 4 amide bonds. The largest absolute Gasteiger partial charge is 0.368 e. The van der Waals surface area contributed by atoms with Gasteiger partial charge in [-0.25, -0.2) is 4.79 Å². The van der Waals surface area contributed by atoms with E-state index in [1.807, 2.05) is 35.2 Å². The quantitative estimate of drug-likeness (QED) is 0.746. The highest BCUT2D eigenvalue weighted by molar-refractivity contribution is 6.07. The molecule has 0 saturated carbocycles. The number of urea groups is 1. The summed E-state index contributed by atoms with van der Waals surface area (Å²) in [7, 11) is 0. The third-order valence-electron chi connectivity index (χ3n) is 6.01. The van der Waals surface area contributed by atoms with Crippen molar-refractivity contribution in [3.63, 3.8) is 0 Å². The summed E-state index contributed by atoms with van der Waals surface area (Å²) in [5.74, 6) is -0.403. The Morgan fingerprint density at radius 2 is 1.63 bits per heavy atom. The fourth-order valence-electron chi connectivity index (χ4n) is 4.31. The van der Waals surface area contributed by atoms with Crippen LogP contribution in [-0.4, -0.2) is 48.9 Å². The van der Waals surface area contributed by atoms with Crippen molar-refractivity contribution in [2.24, 2.45) is 0 Å². The SMILES string of the molecule is Cc1ccccc1N1CCN(C(=O)CC[C@]2(c3ccccc3)NC(=O)NC2=O)CC1. The molecule has 7 nitrogen and oxygen atoms in total. The number of hydrogen-bond donors (Lipinski definition) is 2. The molecule has 2 fully saturated rings. The van der Waals surface area contributed by atoms with Crippen molar-refractivity contribution >= 4 is 23.5 Å². The van der Waals surface area contributed by atoms with E-state index in [9.17, 15) is 14.4 Å². The summed E-state index contributed by atoms with van der Waals surface area (Å²) in [5, 5.41) is 5.07. The molecule has 0 unspecified atom stereocenters. The van der Waals surface area contributed by atoms with Crippen molar-refractivity contribution < 1.29 is 14.4 Å². The summed E-state index contributed by atoms with van der Waals surface area (Å²) < 4.78 is 0. The van der Waals surface area contributed by atoms with E-state index in [1.54, 1.807) is 12.1 Å². The van der Waals surface area contributed by atoms with Gasteiger partial charge in [-0.15, -0.1) is 0 Å². The van der Waals surface area contributed by atoms with E-state index >= 15 is 0 Å². The van der Waals surface area contributed by atoms with Crippen LogP contribution in [0.2, 0.25) is 0 Å². The van der Waals surface area contributed by atoms with Gasteiger partial charge in [-0.05, 0) is 30.5 Å². The first-order chi connectivity index (χ1) is 14.5. The zero-order valence-electron chi connectivity index (χ0n) is 17.1. The molecule has 156 valence electrons. The number of nitrogens with one attached hydrogen (secondary N) is 2. The van der Waals surface area contributed by atoms with Crippen molar-refractivity contribution in [2.75, 3.05) is 31.1 Å². The third-order valence-corrected chi connectivity index (χ3v) is 6.01. The molecule has 2 N–H and O–H groups in total. The molecule has 1 atom stereocenters. The van der Waals surface area contributed by atoms with Crippen LogP contribution in [-0.2, 0) is 15.1 Å². The summed E-state index contributed by atoms with van der Waals surface area (Å²) >= 11 is 0. The van der Waals surface area contributed by atoms with Crippen molar-refractivity contribution in [3.8, 4) is 0 Å². The number of piperazine rings is 1. The third kappa shape index (κ3) is 3.75. The zero-order valence-corrected chi connectivity index (χ0v) is 17.1. The number of aryl methyl sites for hydroxylation is 1. The molecular formula is C23H26N4O3. The highest BCUT2D eigenvalue weighted by Gasteiger charge is 2.47. The number of rotatable bonds is 5. The van der Waals surface area contributed by atoms with Crippen LogP contribution in [0.5, 0.6) is 0 Å². The predicted octanol–water partition coefficient (Wildman–Crippen LogP) is 2.16. The molecule has 2 heterocycles. The van der Waals surface area contributed by atoms with Crippen LogP contribution in [0, 0.1) is 6.92 Å². The monoisotopic (exact) mass is 406 g/mol. The Morgan fingerprint density at radius 1 is 0.967 bits per heavy atom. The lowest BCUT2D eigenvalue weighted by atomic mass is 9.85. The lowest BCUT2D eigenvalue weighted by Gasteiger charge is -2.37. The van der Waals surface area contributed by atoms with E-state index in [0.717, 1.165) is 13.1 Å². The van der Waals surface area contributed by atoms with Gasteiger partial charge in [-0.3, -0.25) is 14.9 Å². The van der Waals surface area contributed by atoms with Crippen molar-refractivity contribution in [3.05, 3.63) is 65.7 Å². The van der Waals surface area contributed by atoms with Gasteiger partial charge >= 0.3 is 6.03 Å². The number of benzene rings is 2. The van der Waals surface area contributed by atoms with Gasteiger partial charge in [-0.2, -0.15) is 0 Å². The molecule has 30 heavy (non-hydrogen) atoms. The predicted molar refractivity (Wildman–Crippen MR) is 114 cm³/mol. The minimum Gasteiger partial charge on any atom is -0.368 e. The topological polar surface area (TPSA) is 81.8 Å². The summed E-state index contributed by atoms with van der Waals surface area (Å²) in [4.78, 5) is 41.5. The number of nitrogens with zero attached hydrogens (tertiary/aromatic N) is 2. The maximum absolute atomic E-state index is 12.9. The maximum atomic E-state index is 12.9. The van der Waals surface area contributed by atoms with E-state index in [0.29, 0.717) is 18.7 Å². The molecule has 0 bridgehead atoms. The van der Waals surface area contributed by atoms with Gasteiger partial charge in [0.15, 0.2) is 0 Å². The molecule has 2 saturated heterocycles. The van der Waals surface area contributed by atoms with E-state index in [4.69, 9.17) is 0 Å². The Hall–Kier alpha value is -3.35. The van der Waals surface area contributed by atoms with Crippen molar-refractivity contribution in [2.45, 2.75) is 25.3 Å². The van der Waals surface area contributed by atoms with Crippen molar-refractivity contribution in [1.82, 2.24) is 15.5 Å². The van der Waals surface area contributed by atoms with Crippen LogP contribution in [0.25, 0.3) is 0 Å². The molecule has 0 aromatic heterocycles. The minimum absolute atomic E-state index is 0.00342. The summed E-state index contributed by atoms with van der Waals surface area (Å²) in [6.45, 7) is 4.93. The molecule has 2 aliphatic rings. The lowest BCUT2D eigenvalue weighted by molar-refractivity contribution is -0.132. The van der Waals surface area contributed by atoms with Crippen LogP contribution in [0.4, 0.5) is 10.5 Å². The summed E-state index contributed by atoms with van der Waals surface area (Å²) in [6.07, 6.45) is 0.415. The van der Waals surface area contributed by atoms with Gasteiger partial charge in [0.25, 0.3) is 5.91 Å². The Balaban J connectivity index is 1.40. The van der Waals surface area contributed by atoms with Crippen molar-refractivity contribution in [1.29, 1.82) is 0 Å². The molecule has 4 rings (SSSR count). The van der Waals surface area contributed by atoms with Crippen LogP contribution >= 0.6 is 0 Å². The van der Waals surface area contributed by atoms with Gasteiger partial charge in [0, 0.05) is 38.3 Å².